The van der Waals surface area contributed by atoms with Gasteiger partial charge < -0.3 is 15.3 Å². The lowest BCUT2D eigenvalue weighted by Crippen LogP contribution is -2.09. The second-order valence-corrected chi connectivity index (χ2v) is 8.97. The molecule has 1 unspecified atom stereocenters. The molecular formula is C20H27N5OS2. The van der Waals surface area contributed by atoms with Gasteiger partial charge in [-0.1, -0.05) is 30.3 Å². The zero-order valence-electron chi connectivity index (χ0n) is 16.5. The Morgan fingerprint density at radius 2 is 2.07 bits per heavy atom. The first kappa shape index (κ1) is 20.9. The molecule has 0 spiro atoms. The van der Waals surface area contributed by atoms with Crippen molar-refractivity contribution in [2.75, 3.05) is 31.7 Å². The summed E-state index contributed by atoms with van der Waals surface area (Å²) in [5.74, 6) is 3.08. The van der Waals surface area contributed by atoms with Crippen molar-refractivity contribution in [1.82, 2.24) is 19.7 Å². The molecule has 0 saturated carbocycles. The van der Waals surface area contributed by atoms with Gasteiger partial charge in [0.05, 0.1) is 0 Å². The Labute approximate surface area is 174 Å². The Bertz CT molecular complexity index is 863. The number of hydrogen-bond donors (Lipinski definition) is 2. The molecule has 1 aromatic carbocycles. The van der Waals surface area contributed by atoms with Crippen LogP contribution in [0.5, 0.6) is 0 Å². The van der Waals surface area contributed by atoms with E-state index in [1.165, 1.54) is 10.4 Å². The summed E-state index contributed by atoms with van der Waals surface area (Å²) in [7, 11) is 6.02. The first-order valence-electron chi connectivity index (χ1n) is 9.19. The van der Waals surface area contributed by atoms with Crippen molar-refractivity contribution in [1.29, 1.82) is 0 Å². The third-order valence-electron chi connectivity index (χ3n) is 4.12. The maximum Gasteiger partial charge on any atom is 0.221 e. The molecule has 0 radical (unpaired) electrons. The van der Waals surface area contributed by atoms with Crippen molar-refractivity contribution >= 4 is 29.0 Å². The summed E-state index contributed by atoms with van der Waals surface area (Å²) >= 11 is 3.73. The number of thiophene rings is 1. The molecule has 6 nitrogen and oxygen atoms in total. The Morgan fingerprint density at radius 3 is 2.82 bits per heavy atom. The maximum absolute atomic E-state index is 10.4. The Hall–Kier alpha value is -1.87. The molecule has 8 heteroatoms. The van der Waals surface area contributed by atoms with E-state index in [1.807, 2.05) is 60.5 Å². The van der Waals surface area contributed by atoms with Crippen LogP contribution < -0.4 is 5.32 Å². The molecule has 3 aromatic rings. The van der Waals surface area contributed by atoms with Crippen LogP contribution in [0.4, 0.5) is 5.95 Å². The highest BCUT2D eigenvalue weighted by atomic mass is 32.2. The highest BCUT2D eigenvalue weighted by molar-refractivity contribution is 7.98. The van der Waals surface area contributed by atoms with Gasteiger partial charge in [-0.15, -0.1) is 11.3 Å². The number of nitrogens with one attached hydrogen (secondary N) is 1. The Kier molecular flexibility index (Phi) is 7.50. The van der Waals surface area contributed by atoms with Crippen molar-refractivity contribution in [3.63, 3.8) is 0 Å². The number of aliphatic hydroxyl groups excluding tert-OH is 1. The molecule has 0 bridgehead atoms. The van der Waals surface area contributed by atoms with Gasteiger partial charge in [-0.3, -0.25) is 0 Å². The van der Waals surface area contributed by atoms with Gasteiger partial charge >= 0.3 is 0 Å². The fourth-order valence-electron chi connectivity index (χ4n) is 2.78. The molecule has 150 valence electrons. The first-order chi connectivity index (χ1) is 13.5. The summed E-state index contributed by atoms with van der Waals surface area (Å²) < 4.78 is 1.68. The maximum atomic E-state index is 10.4. The number of aromatic nitrogens is 3. The lowest BCUT2D eigenvalue weighted by molar-refractivity contribution is 0.209. The third-order valence-corrected chi connectivity index (χ3v) is 6.12. The van der Waals surface area contributed by atoms with E-state index in [2.05, 4.69) is 45.8 Å². The number of rotatable bonds is 10. The van der Waals surface area contributed by atoms with E-state index in [-0.39, 0.29) is 0 Å². The third kappa shape index (κ3) is 5.81. The zero-order valence-corrected chi connectivity index (χ0v) is 18.1. The normalized spacial score (nSPS) is 12.5. The molecule has 0 aliphatic heterocycles. The van der Waals surface area contributed by atoms with Crippen LogP contribution >= 0.6 is 23.1 Å². The summed E-state index contributed by atoms with van der Waals surface area (Å²) in [5, 5.41) is 20.4. The average molecular weight is 418 g/mol. The van der Waals surface area contributed by atoms with Gasteiger partial charge in [0.1, 0.15) is 6.10 Å². The SMILES string of the molecule is CN(C)Cc1cc(CSCCNc2nc(C(O)c3ccccc3)nn2C)cs1. The highest BCUT2D eigenvalue weighted by Gasteiger charge is 2.17. The van der Waals surface area contributed by atoms with E-state index in [9.17, 15) is 5.11 Å². The van der Waals surface area contributed by atoms with Gasteiger partial charge in [0.15, 0.2) is 5.82 Å². The van der Waals surface area contributed by atoms with Gasteiger partial charge in [-0.25, -0.2) is 4.68 Å². The minimum Gasteiger partial charge on any atom is -0.380 e. The number of anilines is 1. The fourth-order valence-corrected chi connectivity index (χ4v) is 4.68. The van der Waals surface area contributed by atoms with Gasteiger partial charge in [-0.05, 0) is 36.7 Å². The Morgan fingerprint density at radius 1 is 1.29 bits per heavy atom. The van der Waals surface area contributed by atoms with E-state index >= 15 is 0 Å². The average Bonchev–Trinajstić information content (AvgIpc) is 3.27. The molecule has 2 heterocycles. The topological polar surface area (TPSA) is 66.2 Å². The van der Waals surface area contributed by atoms with E-state index < -0.39 is 6.10 Å². The number of benzene rings is 1. The molecular weight excluding hydrogens is 390 g/mol. The van der Waals surface area contributed by atoms with E-state index in [1.54, 1.807) is 4.68 Å². The quantitative estimate of drug-likeness (QED) is 0.493. The Balaban J connectivity index is 1.44. The van der Waals surface area contributed by atoms with Crippen LogP contribution in [-0.2, 0) is 19.3 Å². The van der Waals surface area contributed by atoms with Crippen molar-refractivity contribution in [2.24, 2.45) is 7.05 Å². The molecule has 2 N–H and O–H groups in total. The van der Waals surface area contributed by atoms with Gasteiger partial charge in [0.2, 0.25) is 5.95 Å². The predicted molar refractivity (Wildman–Crippen MR) is 118 cm³/mol. The molecule has 1 atom stereocenters. The van der Waals surface area contributed by atoms with Crippen molar-refractivity contribution in [3.05, 3.63) is 63.6 Å². The van der Waals surface area contributed by atoms with Gasteiger partial charge in [0.25, 0.3) is 0 Å². The predicted octanol–water partition coefficient (Wildman–Crippen LogP) is 3.37. The largest absolute Gasteiger partial charge is 0.380 e. The first-order valence-corrected chi connectivity index (χ1v) is 11.2. The van der Waals surface area contributed by atoms with Crippen LogP contribution in [0.1, 0.15) is 27.9 Å². The monoisotopic (exact) mass is 417 g/mol. The van der Waals surface area contributed by atoms with Crippen molar-refractivity contribution in [2.45, 2.75) is 18.4 Å². The summed E-state index contributed by atoms with van der Waals surface area (Å²) in [6.07, 6.45) is -0.813. The fraction of sp³-hybridized carbons (Fsp3) is 0.400. The van der Waals surface area contributed by atoms with Crippen LogP contribution in [0.2, 0.25) is 0 Å². The van der Waals surface area contributed by atoms with Crippen LogP contribution in [0.25, 0.3) is 0 Å². The number of aliphatic hydroxyl groups is 1. The molecule has 2 aromatic heterocycles. The second kappa shape index (κ2) is 10.1. The zero-order chi connectivity index (χ0) is 19.9. The summed E-state index contributed by atoms with van der Waals surface area (Å²) in [4.78, 5) is 8.05. The van der Waals surface area contributed by atoms with Gasteiger partial charge in [0, 0.05) is 36.5 Å². The molecule has 3 rings (SSSR count). The number of aryl methyl sites for hydroxylation is 1. The molecule has 0 fully saturated rings. The van der Waals surface area contributed by atoms with E-state index in [4.69, 9.17) is 0 Å². The summed E-state index contributed by atoms with van der Waals surface area (Å²) in [6.45, 7) is 1.80. The molecule has 28 heavy (non-hydrogen) atoms. The number of hydrogen-bond acceptors (Lipinski definition) is 7. The molecule has 0 amide bonds. The molecule has 0 aliphatic rings. The molecule has 0 aliphatic carbocycles. The van der Waals surface area contributed by atoms with Crippen LogP contribution in [-0.4, -0.2) is 51.2 Å². The minimum atomic E-state index is -0.813. The molecule has 0 saturated heterocycles. The van der Waals surface area contributed by atoms with E-state index in [0.717, 1.165) is 30.2 Å². The smallest absolute Gasteiger partial charge is 0.221 e. The summed E-state index contributed by atoms with van der Waals surface area (Å²) in [6, 6.07) is 11.8. The lowest BCUT2D eigenvalue weighted by atomic mass is 10.1. The second-order valence-electron chi connectivity index (χ2n) is 6.87. The van der Waals surface area contributed by atoms with Crippen LogP contribution in [0.3, 0.4) is 0 Å². The minimum absolute atomic E-state index is 0.413. The number of thioether (sulfide) groups is 1. The van der Waals surface area contributed by atoms with Crippen molar-refractivity contribution in [3.8, 4) is 0 Å². The summed E-state index contributed by atoms with van der Waals surface area (Å²) in [5.41, 5.74) is 2.18. The van der Waals surface area contributed by atoms with Gasteiger partial charge in [-0.2, -0.15) is 21.8 Å². The standard InChI is InChI=1S/C20H27N5OS2/c1-24(2)12-17-11-15(14-28-17)13-27-10-9-21-20-22-19(23-25(20)3)18(26)16-7-5-4-6-8-16/h4-8,11,14,18,26H,9-10,12-13H2,1-3H3,(H,21,22,23). The van der Waals surface area contributed by atoms with Crippen molar-refractivity contribution < 1.29 is 5.11 Å². The highest BCUT2D eigenvalue weighted by Crippen LogP contribution is 2.21. The number of nitrogens with zero attached hydrogens (tertiary/aromatic N) is 4. The van der Waals surface area contributed by atoms with Crippen LogP contribution in [0, 0.1) is 0 Å². The van der Waals surface area contributed by atoms with E-state index in [0.29, 0.717) is 11.8 Å². The van der Waals surface area contributed by atoms with Crippen LogP contribution in [0.15, 0.2) is 41.8 Å². The lowest BCUT2D eigenvalue weighted by Gasteiger charge is -2.06.